The Morgan fingerprint density at radius 2 is 2.07 bits per heavy atom. The molecule has 0 aliphatic carbocycles. The zero-order chi connectivity index (χ0) is 19.6. The lowest BCUT2D eigenvalue weighted by Gasteiger charge is -2.02. The first-order valence-corrected chi connectivity index (χ1v) is 8.53. The summed E-state index contributed by atoms with van der Waals surface area (Å²) < 4.78 is 0. The molecular formula is C16H13N7O3S. The maximum Gasteiger partial charge on any atom is 0.269 e. The molecule has 2 aromatic heterocycles. The van der Waals surface area contributed by atoms with Crippen molar-refractivity contribution in [3.63, 3.8) is 0 Å². The van der Waals surface area contributed by atoms with E-state index in [1.807, 2.05) is 13.8 Å². The lowest BCUT2D eigenvalue weighted by Crippen LogP contribution is -2.20. The van der Waals surface area contributed by atoms with Gasteiger partial charge in [-0.1, -0.05) is 0 Å². The van der Waals surface area contributed by atoms with Gasteiger partial charge in [0, 0.05) is 22.6 Å². The lowest BCUT2D eigenvalue weighted by atomic mass is 10.2. The number of aromatic nitrogens is 4. The van der Waals surface area contributed by atoms with Crippen LogP contribution in [0.25, 0.3) is 11.4 Å². The van der Waals surface area contributed by atoms with Gasteiger partial charge < -0.3 is 5.32 Å². The molecule has 0 bridgehead atoms. The van der Waals surface area contributed by atoms with Gasteiger partial charge in [0.05, 0.1) is 10.5 Å². The Morgan fingerprint density at radius 1 is 1.37 bits per heavy atom. The zero-order valence-electron chi connectivity index (χ0n) is 14.3. The van der Waals surface area contributed by atoms with Crippen molar-refractivity contribution < 1.29 is 9.72 Å². The Morgan fingerprint density at radius 3 is 2.70 bits per heavy atom. The van der Waals surface area contributed by atoms with Gasteiger partial charge >= 0.3 is 0 Å². The molecule has 0 radical (unpaired) electrons. The maximum atomic E-state index is 12.2. The first-order valence-electron chi connectivity index (χ1n) is 7.71. The number of tetrazole rings is 1. The van der Waals surface area contributed by atoms with E-state index in [0.29, 0.717) is 16.1 Å². The van der Waals surface area contributed by atoms with E-state index >= 15 is 0 Å². The Kier molecular flexibility index (Phi) is 4.91. The Bertz CT molecular complexity index is 1060. The molecule has 0 fully saturated rings. The van der Waals surface area contributed by atoms with Gasteiger partial charge in [0.25, 0.3) is 5.69 Å². The van der Waals surface area contributed by atoms with Crippen molar-refractivity contribution in [2.45, 2.75) is 20.4 Å². The van der Waals surface area contributed by atoms with Gasteiger partial charge in [-0.05, 0) is 36.8 Å². The third-order valence-corrected chi connectivity index (χ3v) is 4.95. The number of rotatable bonds is 5. The molecule has 136 valence electrons. The number of carbonyl (C=O) groups excluding carboxylic acids is 1. The number of anilines is 1. The Labute approximate surface area is 157 Å². The average molecular weight is 383 g/mol. The van der Waals surface area contributed by atoms with Gasteiger partial charge in [-0.2, -0.15) is 10.1 Å². The molecule has 10 nitrogen and oxygen atoms in total. The molecule has 1 N–H and O–H groups in total. The van der Waals surface area contributed by atoms with Crippen LogP contribution in [0.4, 0.5) is 10.7 Å². The lowest BCUT2D eigenvalue weighted by molar-refractivity contribution is -0.384. The number of hydrogen-bond acceptors (Lipinski definition) is 8. The smallest absolute Gasteiger partial charge is 0.269 e. The molecule has 0 saturated carbocycles. The largest absolute Gasteiger partial charge is 0.315 e. The van der Waals surface area contributed by atoms with Gasteiger partial charge in [-0.3, -0.25) is 14.9 Å². The molecule has 0 saturated heterocycles. The summed E-state index contributed by atoms with van der Waals surface area (Å²) in [6, 6.07) is 7.79. The maximum absolute atomic E-state index is 12.2. The third-order valence-electron chi connectivity index (χ3n) is 3.82. The van der Waals surface area contributed by atoms with Gasteiger partial charge in [-0.15, -0.1) is 21.5 Å². The molecule has 1 amide bonds. The molecule has 11 heteroatoms. The van der Waals surface area contributed by atoms with Gasteiger partial charge in [0.2, 0.25) is 11.7 Å². The Balaban J connectivity index is 1.70. The highest BCUT2D eigenvalue weighted by molar-refractivity contribution is 7.16. The van der Waals surface area contributed by atoms with E-state index in [1.165, 1.54) is 35.6 Å². The first-order chi connectivity index (χ1) is 12.9. The van der Waals surface area contributed by atoms with Crippen LogP contribution in [0.1, 0.15) is 16.0 Å². The van der Waals surface area contributed by atoms with Crippen LogP contribution in [0.5, 0.6) is 0 Å². The van der Waals surface area contributed by atoms with Crippen LogP contribution in [0, 0.1) is 35.3 Å². The van der Waals surface area contributed by atoms with Crippen LogP contribution in [-0.2, 0) is 11.3 Å². The number of aryl methyl sites for hydroxylation is 1. The summed E-state index contributed by atoms with van der Waals surface area (Å²) in [5.74, 6) is -0.140. The number of amides is 1. The molecule has 0 atom stereocenters. The predicted molar refractivity (Wildman–Crippen MR) is 97.0 cm³/mol. The number of nitro benzene ring substituents is 1. The third kappa shape index (κ3) is 3.80. The molecule has 27 heavy (non-hydrogen) atoms. The first kappa shape index (κ1) is 18.2. The van der Waals surface area contributed by atoms with Crippen LogP contribution < -0.4 is 5.32 Å². The highest BCUT2D eigenvalue weighted by atomic mass is 32.1. The van der Waals surface area contributed by atoms with Crippen molar-refractivity contribution in [3.05, 3.63) is 50.4 Å². The van der Waals surface area contributed by atoms with E-state index in [9.17, 15) is 20.2 Å². The summed E-state index contributed by atoms with van der Waals surface area (Å²) in [5, 5.41) is 34.9. The molecule has 3 aromatic rings. The summed E-state index contributed by atoms with van der Waals surface area (Å²) in [6.07, 6.45) is 0. The molecule has 0 spiro atoms. The minimum Gasteiger partial charge on any atom is -0.315 e. The number of hydrogen-bond donors (Lipinski definition) is 1. The fourth-order valence-corrected chi connectivity index (χ4v) is 3.33. The van der Waals surface area contributed by atoms with E-state index < -0.39 is 4.92 Å². The summed E-state index contributed by atoms with van der Waals surface area (Å²) in [7, 11) is 0. The minimum absolute atomic E-state index is 0.0413. The van der Waals surface area contributed by atoms with E-state index in [2.05, 4.69) is 26.8 Å². The number of thiophene rings is 1. The van der Waals surface area contributed by atoms with Gasteiger partial charge in [-0.25, -0.2) is 0 Å². The van der Waals surface area contributed by atoms with E-state index in [0.717, 1.165) is 15.2 Å². The second-order valence-electron chi connectivity index (χ2n) is 5.59. The highest BCUT2D eigenvalue weighted by Gasteiger charge is 2.16. The zero-order valence-corrected chi connectivity index (χ0v) is 15.1. The normalized spacial score (nSPS) is 10.4. The molecule has 0 aliphatic rings. The standard InChI is InChI=1S/C16H13N7O3S/c1-9-10(2)27-16(13(9)7-17)18-14(24)8-22-20-15(19-21-22)11-3-5-12(6-4-11)23(25)26/h3-6H,8H2,1-2H3,(H,18,24). The number of nitro groups is 1. The number of nitrogens with zero attached hydrogens (tertiary/aromatic N) is 6. The number of carbonyl (C=O) groups is 1. The Hall–Kier alpha value is -3.65. The molecule has 2 heterocycles. The quantitative estimate of drug-likeness (QED) is 0.527. The predicted octanol–water partition coefficient (Wildman–Crippen LogP) is 2.44. The second kappa shape index (κ2) is 7.30. The fraction of sp³-hybridized carbons (Fsp3) is 0.188. The number of benzene rings is 1. The minimum atomic E-state index is -0.498. The number of non-ortho nitro benzene ring substituents is 1. The van der Waals surface area contributed by atoms with Crippen LogP contribution in [0.15, 0.2) is 24.3 Å². The van der Waals surface area contributed by atoms with E-state index in [-0.39, 0.29) is 24.0 Å². The van der Waals surface area contributed by atoms with Crippen molar-refractivity contribution in [1.82, 2.24) is 20.2 Å². The van der Waals surface area contributed by atoms with Gasteiger partial charge in [0.1, 0.15) is 17.6 Å². The molecular weight excluding hydrogens is 370 g/mol. The molecule has 1 aromatic carbocycles. The molecule has 3 rings (SSSR count). The monoisotopic (exact) mass is 383 g/mol. The van der Waals surface area contributed by atoms with Crippen LogP contribution in [0.2, 0.25) is 0 Å². The van der Waals surface area contributed by atoms with Crippen molar-refractivity contribution in [2.24, 2.45) is 0 Å². The summed E-state index contributed by atoms with van der Waals surface area (Å²) in [4.78, 5) is 24.5. The average Bonchev–Trinajstić information content (AvgIpc) is 3.20. The van der Waals surface area contributed by atoms with Crippen LogP contribution >= 0.6 is 11.3 Å². The van der Waals surface area contributed by atoms with Crippen LogP contribution in [0.3, 0.4) is 0 Å². The summed E-state index contributed by atoms with van der Waals surface area (Å²) in [5.41, 5.74) is 1.80. The van der Waals surface area contributed by atoms with Crippen LogP contribution in [-0.4, -0.2) is 31.0 Å². The molecule has 0 unspecified atom stereocenters. The van der Waals surface area contributed by atoms with Gasteiger partial charge in [0.15, 0.2) is 0 Å². The highest BCUT2D eigenvalue weighted by Crippen LogP contribution is 2.31. The van der Waals surface area contributed by atoms with Crippen molar-refractivity contribution in [1.29, 1.82) is 5.26 Å². The van der Waals surface area contributed by atoms with E-state index in [4.69, 9.17) is 0 Å². The number of nitrogens with one attached hydrogen (secondary N) is 1. The van der Waals surface area contributed by atoms with Crippen molar-refractivity contribution in [2.75, 3.05) is 5.32 Å². The topological polar surface area (TPSA) is 140 Å². The summed E-state index contributed by atoms with van der Waals surface area (Å²) >= 11 is 1.33. The summed E-state index contributed by atoms with van der Waals surface area (Å²) in [6.45, 7) is 3.53. The van der Waals surface area contributed by atoms with Crippen molar-refractivity contribution in [3.8, 4) is 17.5 Å². The number of nitriles is 1. The SMILES string of the molecule is Cc1sc(NC(=O)Cn2nnc(-c3ccc([N+](=O)[O-])cc3)n2)c(C#N)c1C. The molecule has 0 aliphatic heterocycles. The van der Waals surface area contributed by atoms with E-state index in [1.54, 1.807) is 0 Å². The van der Waals surface area contributed by atoms with Crippen molar-refractivity contribution >= 4 is 27.9 Å². The fourth-order valence-electron chi connectivity index (χ4n) is 2.30. The second-order valence-corrected chi connectivity index (χ2v) is 6.82.